The standard InChI is InChI=1S/C14H17ClFNO/c1-2-10-8-17(6-5-14(10)18)9-11-3-4-12(16)7-13(11)15/h3-4,7,10H,2,5-6,8-9H2,1H3. The monoisotopic (exact) mass is 269 g/mol. The first-order chi connectivity index (χ1) is 8.60. The van der Waals surface area contributed by atoms with Gasteiger partial charge in [0.2, 0.25) is 0 Å². The molecule has 1 fully saturated rings. The molecular formula is C14H17ClFNO. The van der Waals surface area contributed by atoms with Crippen molar-refractivity contribution in [3.05, 3.63) is 34.6 Å². The molecule has 0 N–H and O–H groups in total. The Labute approximate surface area is 112 Å². The van der Waals surface area contributed by atoms with Crippen LogP contribution in [-0.4, -0.2) is 23.8 Å². The van der Waals surface area contributed by atoms with Crippen molar-refractivity contribution in [2.45, 2.75) is 26.3 Å². The van der Waals surface area contributed by atoms with Crippen LogP contribution >= 0.6 is 11.6 Å². The molecule has 1 aliphatic heterocycles. The summed E-state index contributed by atoms with van der Waals surface area (Å²) in [5, 5.41) is 0.458. The van der Waals surface area contributed by atoms with Crippen LogP contribution < -0.4 is 0 Å². The average Bonchev–Trinajstić information content (AvgIpc) is 2.35. The number of rotatable bonds is 3. The third kappa shape index (κ3) is 3.09. The third-order valence-corrected chi connectivity index (χ3v) is 3.86. The number of hydrogen-bond acceptors (Lipinski definition) is 2. The first-order valence-corrected chi connectivity index (χ1v) is 6.67. The van der Waals surface area contributed by atoms with Crippen LogP contribution in [0.1, 0.15) is 25.3 Å². The molecule has 0 aromatic heterocycles. The van der Waals surface area contributed by atoms with E-state index in [-0.39, 0.29) is 11.7 Å². The molecule has 4 heteroatoms. The average molecular weight is 270 g/mol. The van der Waals surface area contributed by atoms with Gasteiger partial charge in [0.15, 0.2) is 0 Å². The van der Waals surface area contributed by atoms with Crippen molar-refractivity contribution in [3.8, 4) is 0 Å². The van der Waals surface area contributed by atoms with Crippen LogP contribution in [0.4, 0.5) is 4.39 Å². The van der Waals surface area contributed by atoms with Crippen molar-refractivity contribution in [1.82, 2.24) is 4.90 Å². The number of nitrogens with zero attached hydrogens (tertiary/aromatic N) is 1. The normalized spacial score (nSPS) is 21.3. The fourth-order valence-electron chi connectivity index (χ4n) is 2.37. The molecule has 18 heavy (non-hydrogen) atoms. The van der Waals surface area contributed by atoms with Crippen LogP contribution in [0.25, 0.3) is 0 Å². The summed E-state index contributed by atoms with van der Waals surface area (Å²) >= 11 is 6.01. The lowest BCUT2D eigenvalue weighted by Crippen LogP contribution is -2.40. The fourth-order valence-corrected chi connectivity index (χ4v) is 2.60. The zero-order valence-corrected chi connectivity index (χ0v) is 11.2. The maximum atomic E-state index is 13.0. The SMILES string of the molecule is CCC1CN(Cc2ccc(F)cc2Cl)CCC1=O. The Morgan fingerprint density at radius 3 is 2.94 bits per heavy atom. The minimum absolute atomic E-state index is 0.137. The third-order valence-electron chi connectivity index (χ3n) is 3.51. The lowest BCUT2D eigenvalue weighted by atomic mass is 9.94. The lowest BCUT2D eigenvalue weighted by Gasteiger charge is -2.31. The number of carbonyl (C=O) groups excluding carboxylic acids is 1. The Bertz CT molecular complexity index is 449. The van der Waals surface area contributed by atoms with E-state index in [1.54, 1.807) is 6.07 Å². The Morgan fingerprint density at radius 2 is 2.28 bits per heavy atom. The highest BCUT2D eigenvalue weighted by molar-refractivity contribution is 6.31. The van der Waals surface area contributed by atoms with Crippen LogP contribution in [0, 0.1) is 11.7 Å². The lowest BCUT2D eigenvalue weighted by molar-refractivity contribution is -0.126. The van der Waals surface area contributed by atoms with Crippen molar-refractivity contribution in [2.24, 2.45) is 5.92 Å². The second-order valence-corrected chi connectivity index (χ2v) is 5.20. The molecule has 0 spiro atoms. The number of piperidine rings is 1. The molecule has 1 heterocycles. The van der Waals surface area contributed by atoms with Gasteiger partial charge >= 0.3 is 0 Å². The molecule has 1 saturated heterocycles. The predicted octanol–water partition coefficient (Wildman–Crippen LogP) is 3.28. The maximum Gasteiger partial charge on any atom is 0.138 e. The second kappa shape index (κ2) is 5.81. The molecule has 2 rings (SSSR count). The smallest absolute Gasteiger partial charge is 0.138 e. The highest BCUT2D eigenvalue weighted by atomic mass is 35.5. The van der Waals surface area contributed by atoms with Gasteiger partial charge in [0.25, 0.3) is 0 Å². The van der Waals surface area contributed by atoms with Crippen molar-refractivity contribution in [3.63, 3.8) is 0 Å². The molecule has 0 amide bonds. The summed E-state index contributed by atoms with van der Waals surface area (Å²) in [5.41, 5.74) is 0.919. The van der Waals surface area contributed by atoms with Crippen LogP contribution in [0.2, 0.25) is 5.02 Å². The number of Topliss-reactive ketones (excluding diaryl/α,β-unsaturated/α-hetero) is 1. The van der Waals surface area contributed by atoms with E-state index in [1.807, 2.05) is 6.92 Å². The summed E-state index contributed by atoms with van der Waals surface area (Å²) in [6, 6.07) is 4.48. The molecule has 2 nitrogen and oxygen atoms in total. The summed E-state index contributed by atoms with van der Waals surface area (Å²) in [5.74, 6) is 0.181. The molecule has 1 atom stereocenters. The van der Waals surface area contributed by atoms with Crippen molar-refractivity contribution in [1.29, 1.82) is 0 Å². The van der Waals surface area contributed by atoms with E-state index in [1.165, 1.54) is 12.1 Å². The zero-order chi connectivity index (χ0) is 13.1. The molecule has 0 aliphatic carbocycles. The minimum Gasteiger partial charge on any atom is -0.299 e. The van der Waals surface area contributed by atoms with E-state index in [9.17, 15) is 9.18 Å². The van der Waals surface area contributed by atoms with Crippen LogP contribution in [0.5, 0.6) is 0 Å². The topological polar surface area (TPSA) is 20.3 Å². The van der Waals surface area contributed by atoms with Gasteiger partial charge in [0.1, 0.15) is 11.6 Å². The molecule has 98 valence electrons. The minimum atomic E-state index is -0.316. The Morgan fingerprint density at radius 1 is 1.50 bits per heavy atom. The molecule has 0 radical (unpaired) electrons. The number of hydrogen-bond donors (Lipinski definition) is 0. The van der Waals surface area contributed by atoms with Gasteiger partial charge in [-0.05, 0) is 24.1 Å². The van der Waals surface area contributed by atoms with Gasteiger partial charge in [0.05, 0.1) is 0 Å². The first kappa shape index (κ1) is 13.5. The quantitative estimate of drug-likeness (QED) is 0.839. The largest absolute Gasteiger partial charge is 0.299 e. The zero-order valence-electron chi connectivity index (χ0n) is 10.5. The molecule has 1 aliphatic rings. The number of likely N-dealkylation sites (tertiary alicyclic amines) is 1. The van der Waals surface area contributed by atoms with Gasteiger partial charge in [-0.2, -0.15) is 0 Å². The van der Waals surface area contributed by atoms with Gasteiger partial charge in [-0.3, -0.25) is 9.69 Å². The van der Waals surface area contributed by atoms with E-state index < -0.39 is 0 Å². The molecule has 1 aromatic rings. The number of ketones is 1. The Hall–Kier alpha value is -0.930. The van der Waals surface area contributed by atoms with E-state index in [4.69, 9.17) is 11.6 Å². The maximum absolute atomic E-state index is 13.0. The number of benzene rings is 1. The molecule has 1 aromatic carbocycles. The summed E-state index contributed by atoms with van der Waals surface area (Å²) in [7, 11) is 0. The van der Waals surface area contributed by atoms with Crippen molar-refractivity contribution in [2.75, 3.05) is 13.1 Å². The van der Waals surface area contributed by atoms with Crippen LogP contribution in [-0.2, 0) is 11.3 Å². The van der Waals surface area contributed by atoms with Gasteiger partial charge in [-0.1, -0.05) is 24.6 Å². The first-order valence-electron chi connectivity index (χ1n) is 6.29. The second-order valence-electron chi connectivity index (χ2n) is 4.79. The van der Waals surface area contributed by atoms with E-state index in [0.29, 0.717) is 23.8 Å². The number of carbonyl (C=O) groups is 1. The molecular weight excluding hydrogens is 253 g/mol. The number of halogens is 2. The summed E-state index contributed by atoms with van der Waals surface area (Å²) in [4.78, 5) is 13.8. The molecule has 0 bridgehead atoms. The molecule has 0 saturated carbocycles. The Kier molecular flexibility index (Phi) is 4.36. The van der Waals surface area contributed by atoms with E-state index in [2.05, 4.69) is 4.90 Å². The summed E-state index contributed by atoms with van der Waals surface area (Å²) in [6.45, 7) is 4.27. The van der Waals surface area contributed by atoms with Crippen molar-refractivity contribution < 1.29 is 9.18 Å². The molecule has 1 unspecified atom stereocenters. The summed E-state index contributed by atoms with van der Waals surface area (Å²) < 4.78 is 13.0. The van der Waals surface area contributed by atoms with Crippen LogP contribution in [0.3, 0.4) is 0 Å². The van der Waals surface area contributed by atoms with Crippen LogP contribution in [0.15, 0.2) is 18.2 Å². The van der Waals surface area contributed by atoms with E-state index >= 15 is 0 Å². The highest BCUT2D eigenvalue weighted by Gasteiger charge is 2.25. The van der Waals surface area contributed by atoms with Gasteiger partial charge < -0.3 is 0 Å². The van der Waals surface area contributed by atoms with Gasteiger partial charge in [-0.15, -0.1) is 0 Å². The van der Waals surface area contributed by atoms with Gasteiger partial charge in [0, 0.05) is 37.0 Å². The highest BCUT2D eigenvalue weighted by Crippen LogP contribution is 2.22. The van der Waals surface area contributed by atoms with Gasteiger partial charge in [-0.25, -0.2) is 4.39 Å². The predicted molar refractivity (Wildman–Crippen MR) is 70.1 cm³/mol. The Balaban J connectivity index is 2.03. The van der Waals surface area contributed by atoms with E-state index in [0.717, 1.165) is 25.1 Å². The summed E-state index contributed by atoms with van der Waals surface area (Å²) in [6.07, 6.45) is 1.49. The fraction of sp³-hybridized carbons (Fsp3) is 0.500. The van der Waals surface area contributed by atoms with Crippen molar-refractivity contribution >= 4 is 17.4 Å².